The Hall–Kier alpha value is -4.27. The zero-order valence-corrected chi connectivity index (χ0v) is 21.6. The largest absolute Gasteiger partial charge is 0.490 e. The summed E-state index contributed by atoms with van der Waals surface area (Å²) in [5.74, 6) is -4.20. The standard InChI is InChI=1S/C25H27N3O6.C2HF3O2/c1-14-10-16(18-4-2-3-5-20(18)26-14)13-34-17-8-6-15(7-9-17)24(31)27-21-12-23(30)22(29)11-19(21)25(32)28-33;3-2(4,5)1(6)7/h2-10,19,21-23,29-30,33H,11-13H2,1H3,(H,27,31)(H,28,32);(H,6,7)/t19-,21+,22?,23?;/m0./s1. The first kappa shape index (κ1) is 31.3. The lowest BCUT2D eigenvalue weighted by molar-refractivity contribution is -0.192. The third kappa shape index (κ3) is 8.36. The number of halogens is 3. The highest BCUT2D eigenvalue weighted by atomic mass is 19.4. The van der Waals surface area contributed by atoms with Crippen LogP contribution in [0.5, 0.6) is 5.75 Å². The molecule has 0 saturated heterocycles. The number of ether oxygens (including phenoxy) is 1. The van der Waals surface area contributed by atoms with Crippen LogP contribution in [0.3, 0.4) is 0 Å². The molecule has 0 aliphatic heterocycles. The molecule has 4 rings (SSSR count). The highest BCUT2D eigenvalue weighted by Crippen LogP contribution is 2.26. The topological polar surface area (TPSA) is 178 Å². The number of carbonyl (C=O) groups is 3. The molecule has 1 aliphatic rings. The number of aliphatic hydroxyl groups excluding tert-OH is 2. The van der Waals surface area contributed by atoms with E-state index < -0.39 is 48.1 Å². The van der Waals surface area contributed by atoms with Crippen LogP contribution in [0, 0.1) is 12.8 Å². The van der Waals surface area contributed by atoms with Crippen molar-refractivity contribution in [2.24, 2.45) is 5.92 Å². The molecule has 220 valence electrons. The first-order chi connectivity index (χ1) is 19.3. The number of aliphatic hydroxyl groups is 2. The highest BCUT2D eigenvalue weighted by molar-refractivity contribution is 5.95. The Bertz CT molecular complexity index is 1380. The summed E-state index contributed by atoms with van der Waals surface area (Å²) in [6, 6.07) is 15.7. The third-order valence-electron chi connectivity index (χ3n) is 6.37. The van der Waals surface area contributed by atoms with Gasteiger partial charge in [-0.15, -0.1) is 0 Å². The van der Waals surface area contributed by atoms with Gasteiger partial charge in [-0.3, -0.25) is 19.8 Å². The molecule has 0 bridgehead atoms. The van der Waals surface area contributed by atoms with Crippen molar-refractivity contribution in [2.75, 3.05) is 0 Å². The lowest BCUT2D eigenvalue weighted by Gasteiger charge is -2.36. The van der Waals surface area contributed by atoms with Crippen LogP contribution in [0.1, 0.15) is 34.5 Å². The zero-order chi connectivity index (χ0) is 30.3. The Morgan fingerprint density at radius 2 is 1.63 bits per heavy atom. The van der Waals surface area contributed by atoms with Gasteiger partial charge in [-0.2, -0.15) is 13.2 Å². The van der Waals surface area contributed by atoms with Gasteiger partial charge in [0.1, 0.15) is 12.4 Å². The molecule has 1 aromatic heterocycles. The maximum absolute atomic E-state index is 12.7. The molecule has 41 heavy (non-hydrogen) atoms. The van der Waals surface area contributed by atoms with E-state index in [0.29, 0.717) is 17.9 Å². The average molecular weight is 580 g/mol. The minimum Gasteiger partial charge on any atom is -0.489 e. The molecule has 4 atom stereocenters. The number of nitrogens with one attached hydrogen (secondary N) is 2. The van der Waals surface area contributed by atoms with Crippen LogP contribution in [0.2, 0.25) is 0 Å². The van der Waals surface area contributed by atoms with Crippen LogP contribution in [0.4, 0.5) is 13.2 Å². The second kappa shape index (κ2) is 13.4. The van der Waals surface area contributed by atoms with Crippen molar-refractivity contribution in [3.05, 3.63) is 71.4 Å². The van der Waals surface area contributed by atoms with E-state index in [1.165, 1.54) is 0 Å². The number of aromatic nitrogens is 1. The SMILES string of the molecule is Cc1cc(COc2ccc(C(=O)N[C@@H]3CC(O)C(O)C[C@@H]3C(=O)NO)cc2)c2ccccc2n1.O=C(O)C(F)(F)F. The number of nitrogens with zero attached hydrogens (tertiary/aromatic N) is 1. The molecule has 6 N–H and O–H groups in total. The molecule has 2 amide bonds. The van der Waals surface area contributed by atoms with Gasteiger partial charge in [0.15, 0.2) is 0 Å². The van der Waals surface area contributed by atoms with Crippen LogP contribution in [0.15, 0.2) is 54.6 Å². The van der Waals surface area contributed by atoms with E-state index in [2.05, 4.69) is 10.3 Å². The first-order valence-corrected chi connectivity index (χ1v) is 12.3. The monoisotopic (exact) mass is 579 g/mol. The number of benzene rings is 2. The molecule has 14 heteroatoms. The minimum atomic E-state index is -5.08. The van der Waals surface area contributed by atoms with E-state index in [1.54, 1.807) is 29.7 Å². The Kier molecular flexibility index (Phi) is 10.2. The number of carboxylic acid groups (broad SMARTS) is 1. The number of aliphatic carboxylic acids is 1. The average Bonchev–Trinajstić information content (AvgIpc) is 2.93. The summed E-state index contributed by atoms with van der Waals surface area (Å²) in [4.78, 5) is 38.1. The summed E-state index contributed by atoms with van der Waals surface area (Å²) in [6.07, 6.45) is -7.34. The smallest absolute Gasteiger partial charge is 0.489 e. The van der Waals surface area contributed by atoms with Crippen LogP contribution in [-0.2, 0) is 16.2 Å². The number of carbonyl (C=O) groups excluding carboxylic acids is 2. The maximum Gasteiger partial charge on any atom is 0.490 e. The number of amides is 2. The first-order valence-electron chi connectivity index (χ1n) is 12.3. The normalized spacial score (nSPS) is 20.4. The highest BCUT2D eigenvalue weighted by Gasteiger charge is 2.40. The van der Waals surface area contributed by atoms with Gasteiger partial charge in [0.25, 0.3) is 5.91 Å². The van der Waals surface area contributed by atoms with Gasteiger partial charge in [-0.25, -0.2) is 10.3 Å². The maximum atomic E-state index is 12.7. The molecular formula is C27H28F3N3O8. The molecule has 11 nitrogen and oxygen atoms in total. The van der Waals surface area contributed by atoms with Crippen LogP contribution in [-0.4, -0.2) is 67.7 Å². The quantitative estimate of drug-likeness (QED) is 0.189. The molecule has 2 aromatic carbocycles. The van der Waals surface area contributed by atoms with Crippen LogP contribution >= 0.6 is 0 Å². The summed E-state index contributed by atoms with van der Waals surface area (Å²) in [5.41, 5.74) is 4.72. The number of hydrogen-bond donors (Lipinski definition) is 6. The molecule has 0 radical (unpaired) electrons. The number of fused-ring (bicyclic) bond motifs is 1. The zero-order valence-electron chi connectivity index (χ0n) is 21.6. The molecule has 1 fully saturated rings. The Balaban J connectivity index is 0.000000587. The predicted octanol–water partition coefficient (Wildman–Crippen LogP) is 2.49. The van der Waals surface area contributed by atoms with Gasteiger partial charge < -0.3 is 25.4 Å². The number of carboxylic acids is 1. The Morgan fingerprint density at radius 3 is 2.24 bits per heavy atom. The molecule has 3 aromatic rings. The third-order valence-corrected chi connectivity index (χ3v) is 6.37. The van der Waals surface area contributed by atoms with Gasteiger partial charge in [-0.05, 0) is 56.2 Å². The fraction of sp³-hybridized carbons (Fsp3) is 0.333. The second-order valence-electron chi connectivity index (χ2n) is 9.32. The van der Waals surface area contributed by atoms with E-state index in [9.17, 15) is 33.0 Å². The van der Waals surface area contributed by atoms with Crippen molar-refractivity contribution in [1.29, 1.82) is 0 Å². The lowest BCUT2D eigenvalue weighted by atomic mass is 9.80. The summed E-state index contributed by atoms with van der Waals surface area (Å²) in [5, 5.41) is 39.7. The van der Waals surface area contributed by atoms with Gasteiger partial charge in [0.05, 0.1) is 23.6 Å². The van der Waals surface area contributed by atoms with Crippen LogP contribution in [0.25, 0.3) is 10.9 Å². The van der Waals surface area contributed by atoms with Gasteiger partial charge in [0, 0.05) is 28.2 Å². The number of para-hydroxylation sites is 1. The van der Waals surface area contributed by atoms with Crippen molar-refractivity contribution in [3.63, 3.8) is 0 Å². The number of rotatable bonds is 6. The van der Waals surface area contributed by atoms with E-state index in [4.69, 9.17) is 19.8 Å². The number of aryl methyl sites for hydroxylation is 1. The number of alkyl halides is 3. The minimum absolute atomic E-state index is 0.00844. The molecular weight excluding hydrogens is 551 g/mol. The van der Waals surface area contributed by atoms with Crippen molar-refractivity contribution in [1.82, 2.24) is 15.8 Å². The van der Waals surface area contributed by atoms with Crippen molar-refractivity contribution < 1.29 is 52.8 Å². The summed E-state index contributed by atoms with van der Waals surface area (Å²) in [6.45, 7) is 2.28. The van der Waals surface area contributed by atoms with Gasteiger partial charge in [-0.1, -0.05) is 18.2 Å². The molecule has 1 heterocycles. The lowest BCUT2D eigenvalue weighted by Crippen LogP contribution is -2.54. The summed E-state index contributed by atoms with van der Waals surface area (Å²) in [7, 11) is 0. The van der Waals surface area contributed by atoms with E-state index >= 15 is 0 Å². The Labute approximate surface area is 231 Å². The molecule has 2 unspecified atom stereocenters. The van der Waals surface area contributed by atoms with Crippen molar-refractivity contribution in [2.45, 2.75) is 50.8 Å². The van der Waals surface area contributed by atoms with E-state index in [1.807, 2.05) is 37.3 Å². The predicted molar refractivity (Wildman–Crippen MR) is 137 cm³/mol. The number of pyridine rings is 1. The van der Waals surface area contributed by atoms with Gasteiger partial charge >= 0.3 is 12.1 Å². The van der Waals surface area contributed by atoms with Crippen molar-refractivity contribution >= 4 is 28.7 Å². The molecule has 0 spiro atoms. The van der Waals surface area contributed by atoms with E-state index in [-0.39, 0.29) is 12.8 Å². The number of hydroxylamine groups is 1. The fourth-order valence-electron chi connectivity index (χ4n) is 4.32. The fourth-order valence-corrected chi connectivity index (χ4v) is 4.32. The van der Waals surface area contributed by atoms with E-state index in [0.717, 1.165) is 22.2 Å². The van der Waals surface area contributed by atoms with Crippen LogP contribution < -0.4 is 15.5 Å². The number of hydrogen-bond acceptors (Lipinski definition) is 8. The Morgan fingerprint density at radius 1 is 1.02 bits per heavy atom. The molecule has 1 aliphatic carbocycles. The summed E-state index contributed by atoms with van der Waals surface area (Å²) < 4.78 is 37.7. The van der Waals surface area contributed by atoms with Crippen molar-refractivity contribution in [3.8, 4) is 5.75 Å². The molecule has 1 saturated carbocycles. The second-order valence-corrected chi connectivity index (χ2v) is 9.32. The summed E-state index contributed by atoms with van der Waals surface area (Å²) >= 11 is 0. The van der Waals surface area contributed by atoms with Gasteiger partial charge in [0.2, 0.25) is 5.91 Å².